The maximum atomic E-state index is 11.8. The molecule has 1 N–H and O–H groups in total. The van der Waals surface area contributed by atoms with Crippen LogP contribution in [0.3, 0.4) is 0 Å². The standard InChI is InChI=1S/C14H19BrN2O/c1-11-8-12(4-5-13(11)15)9-16-10-14(18)17-6-2-3-7-17/h4-5,8,16H,2-3,6-7,9-10H2,1H3. The van der Waals surface area contributed by atoms with Gasteiger partial charge in [0.2, 0.25) is 5.91 Å². The number of amides is 1. The van der Waals surface area contributed by atoms with Crippen molar-refractivity contribution in [2.45, 2.75) is 26.3 Å². The summed E-state index contributed by atoms with van der Waals surface area (Å²) in [5, 5.41) is 3.22. The van der Waals surface area contributed by atoms with Gasteiger partial charge in [-0.15, -0.1) is 0 Å². The number of halogens is 1. The van der Waals surface area contributed by atoms with E-state index in [9.17, 15) is 4.79 Å². The van der Waals surface area contributed by atoms with Crippen LogP contribution >= 0.6 is 15.9 Å². The Kier molecular flexibility index (Phi) is 4.78. The van der Waals surface area contributed by atoms with Gasteiger partial charge in [0.15, 0.2) is 0 Å². The van der Waals surface area contributed by atoms with Crippen LogP contribution in [0.25, 0.3) is 0 Å². The molecule has 1 amide bonds. The van der Waals surface area contributed by atoms with Crippen LogP contribution in [0.4, 0.5) is 0 Å². The Bertz CT molecular complexity index is 428. The van der Waals surface area contributed by atoms with Gasteiger partial charge in [0.05, 0.1) is 6.54 Å². The van der Waals surface area contributed by atoms with E-state index in [-0.39, 0.29) is 5.91 Å². The summed E-state index contributed by atoms with van der Waals surface area (Å²) in [6.07, 6.45) is 2.30. The molecule has 0 bridgehead atoms. The lowest BCUT2D eigenvalue weighted by Gasteiger charge is -2.15. The number of hydrogen-bond donors (Lipinski definition) is 1. The number of carbonyl (C=O) groups is 1. The Morgan fingerprint density at radius 1 is 1.39 bits per heavy atom. The second-order valence-corrected chi connectivity index (χ2v) is 5.63. The molecular weight excluding hydrogens is 292 g/mol. The maximum Gasteiger partial charge on any atom is 0.236 e. The van der Waals surface area contributed by atoms with Crippen molar-refractivity contribution in [3.8, 4) is 0 Å². The maximum absolute atomic E-state index is 11.8. The van der Waals surface area contributed by atoms with Crippen LogP contribution in [0, 0.1) is 6.92 Å². The van der Waals surface area contributed by atoms with E-state index >= 15 is 0 Å². The van der Waals surface area contributed by atoms with Crippen LogP contribution in [0.5, 0.6) is 0 Å². The smallest absolute Gasteiger partial charge is 0.236 e. The molecule has 0 aromatic heterocycles. The monoisotopic (exact) mass is 310 g/mol. The molecule has 1 heterocycles. The van der Waals surface area contributed by atoms with E-state index in [1.165, 1.54) is 11.1 Å². The van der Waals surface area contributed by atoms with Crippen molar-refractivity contribution >= 4 is 21.8 Å². The molecule has 0 radical (unpaired) electrons. The summed E-state index contributed by atoms with van der Waals surface area (Å²) in [5.41, 5.74) is 2.44. The molecule has 1 aliphatic heterocycles. The fourth-order valence-electron chi connectivity index (χ4n) is 2.21. The number of benzene rings is 1. The molecule has 2 rings (SSSR count). The summed E-state index contributed by atoms with van der Waals surface area (Å²) in [4.78, 5) is 13.8. The molecule has 0 spiro atoms. The molecule has 0 unspecified atom stereocenters. The van der Waals surface area contributed by atoms with Crippen LogP contribution in [-0.2, 0) is 11.3 Å². The number of nitrogens with zero attached hydrogens (tertiary/aromatic N) is 1. The largest absolute Gasteiger partial charge is 0.342 e. The molecular formula is C14H19BrN2O. The number of nitrogens with one attached hydrogen (secondary N) is 1. The van der Waals surface area contributed by atoms with Gasteiger partial charge in [-0.1, -0.05) is 28.1 Å². The minimum atomic E-state index is 0.223. The Balaban J connectivity index is 1.77. The van der Waals surface area contributed by atoms with Crippen LogP contribution in [0.2, 0.25) is 0 Å². The summed E-state index contributed by atoms with van der Waals surface area (Å²) in [5.74, 6) is 0.223. The fourth-order valence-corrected chi connectivity index (χ4v) is 2.46. The van der Waals surface area contributed by atoms with Crippen LogP contribution in [0.1, 0.15) is 24.0 Å². The lowest BCUT2D eigenvalue weighted by atomic mass is 10.1. The number of likely N-dealkylation sites (tertiary alicyclic amines) is 1. The SMILES string of the molecule is Cc1cc(CNCC(=O)N2CCCC2)ccc1Br. The second-order valence-electron chi connectivity index (χ2n) is 4.77. The topological polar surface area (TPSA) is 32.3 Å². The molecule has 0 aliphatic carbocycles. The molecule has 1 aliphatic rings. The van der Waals surface area contributed by atoms with Crippen molar-refractivity contribution in [1.82, 2.24) is 10.2 Å². The Morgan fingerprint density at radius 3 is 2.78 bits per heavy atom. The summed E-state index contributed by atoms with van der Waals surface area (Å²) >= 11 is 3.48. The number of aryl methyl sites for hydroxylation is 1. The average molecular weight is 311 g/mol. The van der Waals surface area contributed by atoms with Crippen molar-refractivity contribution < 1.29 is 4.79 Å². The van der Waals surface area contributed by atoms with Gasteiger partial charge in [-0.05, 0) is 37.0 Å². The molecule has 98 valence electrons. The third-order valence-corrected chi connectivity index (χ3v) is 4.18. The fraction of sp³-hybridized carbons (Fsp3) is 0.500. The second kappa shape index (κ2) is 6.34. The molecule has 1 aromatic rings. The summed E-state index contributed by atoms with van der Waals surface area (Å²) in [6.45, 7) is 5.11. The molecule has 1 aromatic carbocycles. The normalized spacial score (nSPS) is 15.1. The molecule has 1 saturated heterocycles. The van der Waals surface area contributed by atoms with Gasteiger partial charge in [0.25, 0.3) is 0 Å². The number of rotatable bonds is 4. The highest BCUT2D eigenvalue weighted by atomic mass is 79.9. The van der Waals surface area contributed by atoms with Crippen molar-refractivity contribution in [2.24, 2.45) is 0 Å². The first kappa shape index (κ1) is 13.6. The summed E-state index contributed by atoms with van der Waals surface area (Å²) in [6, 6.07) is 6.26. The first-order valence-electron chi connectivity index (χ1n) is 6.40. The first-order valence-corrected chi connectivity index (χ1v) is 7.19. The third-order valence-electron chi connectivity index (χ3n) is 3.29. The minimum absolute atomic E-state index is 0.223. The van der Waals surface area contributed by atoms with Gasteiger partial charge in [0.1, 0.15) is 0 Å². The highest BCUT2D eigenvalue weighted by Gasteiger charge is 2.16. The van der Waals surface area contributed by atoms with E-state index < -0.39 is 0 Å². The lowest BCUT2D eigenvalue weighted by molar-refractivity contribution is -0.129. The molecule has 4 heteroatoms. The van der Waals surface area contributed by atoms with Crippen LogP contribution in [0.15, 0.2) is 22.7 Å². The summed E-state index contributed by atoms with van der Waals surface area (Å²) < 4.78 is 1.12. The average Bonchev–Trinajstić information content (AvgIpc) is 2.87. The van der Waals surface area contributed by atoms with E-state index in [1.807, 2.05) is 4.90 Å². The van der Waals surface area contributed by atoms with Gasteiger partial charge in [-0.2, -0.15) is 0 Å². The van der Waals surface area contributed by atoms with Gasteiger partial charge >= 0.3 is 0 Å². The molecule has 1 fully saturated rings. The Labute approximate surface area is 117 Å². The van der Waals surface area contributed by atoms with Crippen LogP contribution in [-0.4, -0.2) is 30.4 Å². The van der Waals surface area contributed by atoms with Crippen molar-refractivity contribution in [3.05, 3.63) is 33.8 Å². The first-order chi connectivity index (χ1) is 8.66. The highest BCUT2D eigenvalue weighted by molar-refractivity contribution is 9.10. The molecule has 0 atom stereocenters. The lowest BCUT2D eigenvalue weighted by Crippen LogP contribution is -2.35. The Morgan fingerprint density at radius 2 is 2.11 bits per heavy atom. The quantitative estimate of drug-likeness (QED) is 0.926. The van der Waals surface area contributed by atoms with Crippen molar-refractivity contribution in [1.29, 1.82) is 0 Å². The third kappa shape index (κ3) is 3.56. The zero-order valence-corrected chi connectivity index (χ0v) is 12.3. The van der Waals surface area contributed by atoms with Crippen molar-refractivity contribution in [2.75, 3.05) is 19.6 Å². The van der Waals surface area contributed by atoms with E-state index in [2.05, 4.69) is 46.4 Å². The van der Waals surface area contributed by atoms with E-state index in [4.69, 9.17) is 0 Å². The highest BCUT2D eigenvalue weighted by Crippen LogP contribution is 2.16. The van der Waals surface area contributed by atoms with E-state index in [1.54, 1.807) is 0 Å². The number of carbonyl (C=O) groups excluding carboxylic acids is 1. The summed E-state index contributed by atoms with van der Waals surface area (Å²) in [7, 11) is 0. The predicted octanol–water partition coefficient (Wildman–Crippen LogP) is 2.47. The van der Waals surface area contributed by atoms with E-state index in [0.717, 1.165) is 36.9 Å². The van der Waals surface area contributed by atoms with Gasteiger partial charge < -0.3 is 10.2 Å². The molecule has 0 saturated carbocycles. The van der Waals surface area contributed by atoms with Gasteiger partial charge in [0, 0.05) is 24.1 Å². The minimum Gasteiger partial charge on any atom is -0.342 e. The zero-order valence-electron chi connectivity index (χ0n) is 10.7. The predicted molar refractivity (Wildman–Crippen MR) is 76.4 cm³/mol. The molecule has 3 nitrogen and oxygen atoms in total. The van der Waals surface area contributed by atoms with Gasteiger partial charge in [-0.25, -0.2) is 0 Å². The molecule has 18 heavy (non-hydrogen) atoms. The van der Waals surface area contributed by atoms with Crippen LogP contribution < -0.4 is 5.32 Å². The Hall–Kier alpha value is -0.870. The van der Waals surface area contributed by atoms with Gasteiger partial charge in [-0.3, -0.25) is 4.79 Å². The number of hydrogen-bond acceptors (Lipinski definition) is 2. The zero-order chi connectivity index (χ0) is 13.0. The van der Waals surface area contributed by atoms with Crippen molar-refractivity contribution in [3.63, 3.8) is 0 Å². The van der Waals surface area contributed by atoms with E-state index in [0.29, 0.717) is 6.54 Å².